The first kappa shape index (κ1) is 25.2. The van der Waals surface area contributed by atoms with Crippen molar-refractivity contribution < 1.29 is 23.9 Å². The zero-order valence-electron chi connectivity index (χ0n) is 20.6. The molecule has 0 bridgehead atoms. The van der Waals surface area contributed by atoms with Gasteiger partial charge in [0.15, 0.2) is 6.61 Å². The Morgan fingerprint density at radius 3 is 2.60 bits per heavy atom. The summed E-state index contributed by atoms with van der Waals surface area (Å²) in [5, 5.41) is 3.46. The van der Waals surface area contributed by atoms with Crippen LogP contribution in [0.15, 0.2) is 24.3 Å². The minimum Gasteiger partial charge on any atom is -0.483 e. The lowest BCUT2D eigenvalue weighted by atomic mass is 9.88. The van der Waals surface area contributed by atoms with E-state index < -0.39 is 5.97 Å². The Kier molecular flexibility index (Phi) is 8.44. The van der Waals surface area contributed by atoms with Gasteiger partial charge >= 0.3 is 5.97 Å². The van der Waals surface area contributed by atoms with Gasteiger partial charge in [0.25, 0.3) is 11.8 Å². The number of carbonyl (C=O) groups is 3. The molecule has 0 saturated carbocycles. The Morgan fingerprint density at radius 1 is 1.11 bits per heavy atom. The van der Waals surface area contributed by atoms with Crippen molar-refractivity contribution in [2.75, 3.05) is 31.6 Å². The van der Waals surface area contributed by atoms with Crippen LogP contribution in [0.5, 0.6) is 5.75 Å². The summed E-state index contributed by atoms with van der Waals surface area (Å²) in [6.45, 7) is 5.65. The van der Waals surface area contributed by atoms with Crippen LogP contribution in [0.1, 0.15) is 77.1 Å². The summed E-state index contributed by atoms with van der Waals surface area (Å²) < 4.78 is 11.1. The van der Waals surface area contributed by atoms with Gasteiger partial charge in [-0.05, 0) is 62.6 Å². The third-order valence-electron chi connectivity index (χ3n) is 6.66. The summed E-state index contributed by atoms with van der Waals surface area (Å²) in [7, 11) is 0. The molecule has 1 aliphatic carbocycles. The SMILES string of the molecule is CCOC(=O)c1c(NC(=O)c2ccccc2OCC(=O)N2CCCCCC2)sc2c1CCC(C)C2. The number of esters is 1. The molecule has 1 unspecified atom stereocenters. The fourth-order valence-electron chi connectivity index (χ4n) is 4.76. The highest BCUT2D eigenvalue weighted by atomic mass is 32.1. The van der Waals surface area contributed by atoms with Crippen molar-refractivity contribution in [2.45, 2.75) is 58.8 Å². The number of nitrogens with zero attached hydrogens (tertiary/aromatic N) is 1. The van der Waals surface area contributed by atoms with E-state index in [-0.39, 0.29) is 25.0 Å². The van der Waals surface area contributed by atoms with Gasteiger partial charge in [0.05, 0.1) is 17.7 Å². The molecule has 2 aromatic rings. The fraction of sp³-hybridized carbons (Fsp3) is 0.519. The van der Waals surface area contributed by atoms with Crippen molar-refractivity contribution >= 4 is 34.1 Å². The van der Waals surface area contributed by atoms with Crippen LogP contribution in [0.25, 0.3) is 0 Å². The van der Waals surface area contributed by atoms with E-state index in [9.17, 15) is 14.4 Å². The highest BCUT2D eigenvalue weighted by molar-refractivity contribution is 7.17. The Labute approximate surface area is 210 Å². The minimum absolute atomic E-state index is 0.0632. The van der Waals surface area contributed by atoms with Crippen LogP contribution in [0.4, 0.5) is 5.00 Å². The van der Waals surface area contributed by atoms with Gasteiger partial charge in [-0.1, -0.05) is 31.9 Å². The molecule has 2 amide bonds. The van der Waals surface area contributed by atoms with Crippen LogP contribution < -0.4 is 10.1 Å². The smallest absolute Gasteiger partial charge is 0.341 e. The number of anilines is 1. The second-order valence-electron chi connectivity index (χ2n) is 9.31. The molecule has 0 spiro atoms. The van der Waals surface area contributed by atoms with Crippen molar-refractivity contribution in [2.24, 2.45) is 5.92 Å². The van der Waals surface area contributed by atoms with Gasteiger partial charge in [0.1, 0.15) is 10.8 Å². The lowest BCUT2D eigenvalue weighted by Gasteiger charge is -2.20. The number of carbonyl (C=O) groups excluding carboxylic acids is 3. The molecule has 1 atom stereocenters. The van der Waals surface area contributed by atoms with Gasteiger partial charge in [-0.15, -0.1) is 11.3 Å². The molecule has 1 saturated heterocycles. The molecule has 1 fully saturated rings. The van der Waals surface area contributed by atoms with E-state index in [4.69, 9.17) is 9.47 Å². The molecule has 2 heterocycles. The van der Waals surface area contributed by atoms with E-state index in [1.165, 1.54) is 11.3 Å². The van der Waals surface area contributed by atoms with Gasteiger partial charge < -0.3 is 19.7 Å². The number of amides is 2. The van der Waals surface area contributed by atoms with Gasteiger partial charge in [0, 0.05) is 18.0 Å². The lowest BCUT2D eigenvalue weighted by molar-refractivity contribution is -0.133. The standard InChI is InChI=1S/C27H34N2O5S/c1-3-33-27(32)24-20-13-12-18(2)16-22(20)35-26(24)28-25(31)19-10-6-7-11-21(19)34-17-23(30)29-14-8-4-5-9-15-29/h6-7,10-11,18H,3-5,8-9,12-17H2,1-2H3,(H,28,31). The number of rotatable bonds is 7. The van der Waals surface area contributed by atoms with Crippen LogP contribution in [-0.2, 0) is 22.4 Å². The number of nitrogens with one attached hydrogen (secondary N) is 1. The summed E-state index contributed by atoms with van der Waals surface area (Å²) in [6.07, 6.45) is 7.01. The van der Waals surface area contributed by atoms with Crippen LogP contribution in [-0.4, -0.2) is 49.0 Å². The van der Waals surface area contributed by atoms with Crippen molar-refractivity contribution in [3.05, 3.63) is 45.8 Å². The van der Waals surface area contributed by atoms with Crippen LogP contribution in [0, 0.1) is 5.92 Å². The van der Waals surface area contributed by atoms with Crippen LogP contribution in [0.3, 0.4) is 0 Å². The van der Waals surface area contributed by atoms with Gasteiger partial charge in [-0.25, -0.2) is 4.79 Å². The van der Waals surface area contributed by atoms with Crippen molar-refractivity contribution in [3.63, 3.8) is 0 Å². The second-order valence-corrected chi connectivity index (χ2v) is 10.4. The fourth-order valence-corrected chi connectivity index (χ4v) is 6.15. The first-order valence-corrected chi connectivity index (χ1v) is 13.4. The van der Waals surface area contributed by atoms with Gasteiger partial charge in [-0.2, -0.15) is 0 Å². The third kappa shape index (κ3) is 6.04. The summed E-state index contributed by atoms with van der Waals surface area (Å²) in [5.41, 5.74) is 1.79. The Morgan fingerprint density at radius 2 is 1.86 bits per heavy atom. The van der Waals surface area contributed by atoms with E-state index in [1.807, 2.05) is 4.90 Å². The van der Waals surface area contributed by atoms with E-state index in [1.54, 1.807) is 31.2 Å². The van der Waals surface area contributed by atoms with E-state index in [0.717, 1.165) is 68.5 Å². The molecule has 4 rings (SSSR count). The molecule has 7 nitrogen and oxygen atoms in total. The van der Waals surface area contributed by atoms with E-state index in [0.29, 0.717) is 27.8 Å². The molecule has 2 aliphatic rings. The quantitative estimate of drug-likeness (QED) is 0.538. The summed E-state index contributed by atoms with van der Waals surface area (Å²) in [6, 6.07) is 6.89. The van der Waals surface area contributed by atoms with Crippen LogP contribution >= 0.6 is 11.3 Å². The van der Waals surface area contributed by atoms with Crippen molar-refractivity contribution in [1.29, 1.82) is 0 Å². The largest absolute Gasteiger partial charge is 0.483 e. The molecule has 188 valence electrons. The predicted octanol–water partition coefficient (Wildman–Crippen LogP) is 5.08. The maximum absolute atomic E-state index is 13.3. The average molecular weight is 499 g/mol. The Hall–Kier alpha value is -2.87. The average Bonchev–Trinajstić information content (AvgIpc) is 3.00. The molecule has 1 aliphatic heterocycles. The monoisotopic (exact) mass is 498 g/mol. The topological polar surface area (TPSA) is 84.9 Å². The lowest BCUT2D eigenvalue weighted by Crippen LogP contribution is -2.35. The summed E-state index contributed by atoms with van der Waals surface area (Å²) >= 11 is 1.45. The third-order valence-corrected chi connectivity index (χ3v) is 7.83. The highest BCUT2D eigenvalue weighted by Crippen LogP contribution is 2.40. The number of hydrogen-bond donors (Lipinski definition) is 1. The van der Waals surface area contributed by atoms with Crippen LogP contribution in [0.2, 0.25) is 0 Å². The highest BCUT2D eigenvalue weighted by Gasteiger charge is 2.29. The summed E-state index contributed by atoms with van der Waals surface area (Å²) in [4.78, 5) is 41.7. The summed E-state index contributed by atoms with van der Waals surface area (Å²) in [5.74, 6) is 0.0469. The molecule has 35 heavy (non-hydrogen) atoms. The van der Waals surface area contributed by atoms with E-state index in [2.05, 4.69) is 12.2 Å². The Balaban J connectivity index is 1.51. The second kappa shape index (κ2) is 11.7. The minimum atomic E-state index is -0.401. The van der Waals surface area contributed by atoms with Gasteiger partial charge in [0.2, 0.25) is 0 Å². The molecule has 0 radical (unpaired) electrons. The van der Waals surface area contributed by atoms with E-state index >= 15 is 0 Å². The number of fused-ring (bicyclic) bond motifs is 1. The maximum atomic E-state index is 13.3. The first-order chi connectivity index (χ1) is 17.0. The maximum Gasteiger partial charge on any atom is 0.341 e. The first-order valence-electron chi connectivity index (χ1n) is 12.6. The molecular formula is C27H34N2O5S. The normalized spacial score (nSPS) is 17.8. The molecule has 8 heteroatoms. The predicted molar refractivity (Wildman–Crippen MR) is 136 cm³/mol. The Bertz CT molecular complexity index is 1070. The number of thiophene rings is 1. The zero-order chi connectivity index (χ0) is 24.8. The number of ether oxygens (including phenoxy) is 2. The molecular weight excluding hydrogens is 464 g/mol. The van der Waals surface area contributed by atoms with Crippen molar-refractivity contribution in [3.8, 4) is 5.75 Å². The van der Waals surface area contributed by atoms with Crippen molar-refractivity contribution in [1.82, 2.24) is 4.90 Å². The van der Waals surface area contributed by atoms with Gasteiger partial charge in [-0.3, -0.25) is 9.59 Å². The molecule has 1 aromatic carbocycles. The number of benzene rings is 1. The molecule has 1 aromatic heterocycles. The zero-order valence-corrected chi connectivity index (χ0v) is 21.4. The molecule has 1 N–H and O–H groups in total. The number of likely N-dealkylation sites (tertiary alicyclic amines) is 1. The number of para-hydroxylation sites is 1. The number of hydrogen-bond acceptors (Lipinski definition) is 6.